The average Bonchev–Trinajstić information content (AvgIpc) is 2.38. The van der Waals surface area contributed by atoms with E-state index in [9.17, 15) is 13.6 Å². The van der Waals surface area contributed by atoms with Gasteiger partial charge >= 0.3 is 0 Å². The minimum Gasteiger partial charge on any atom is -0.411 e. The number of benzene rings is 1. The number of oxime groups is 1. The monoisotopic (exact) mass is 254 g/mol. The van der Waals surface area contributed by atoms with Gasteiger partial charge in [-0.25, -0.2) is 8.78 Å². The number of piperidine rings is 1. The molecule has 0 spiro atoms. The quantitative estimate of drug-likeness (QED) is 0.616. The molecule has 0 atom stereocenters. The Hall–Kier alpha value is -1.98. The molecule has 18 heavy (non-hydrogen) atoms. The first-order valence-corrected chi connectivity index (χ1v) is 5.56. The van der Waals surface area contributed by atoms with Crippen LogP contribution in [0.15, 0.2) is 23.4 Å². The molecule has 1 aliphatic heterocycles. The molecular weight excluding hydrogens is 242 g/mol. The predicted molar refractivity (Wildman–Crippen MR) is 60.7 cm³/mol. The van der Waals surface area contributed by atoms with Gasteiger partial charge in [0.05, 0.1) is 11.3 Å². The van der Waals surface area contributed by atoms with Crippen molar-refractivity contribution < 1.29 is 18.8 Å². The first-order valence-electron chi connectivity index (χ1n) is 5.56. The minimum atomic E-state index is -0.860. The maximum atomic E-state index is 13.4. The first kappa shape index (κ1) is 12.5. The number of hydrogen-bond acceptors (Lipinski definition) is 3. The Labute approximate surface area is 103 Å². The van der Waals surface area contributed by atoms with Gasteiger partial charge in [-0.15, -0.1) is 0 Å². The molecule has 1 aromatic rings. The lowest BCUT2D eigenvalue weighted by atomic mass is 10.1. The van der Waals surface area contributed by atoms with Crippen LogP contribution in [-0.2, 0) is 0 Å². The fraction of sp³-hybridized carbons (Fsp3) is 0.333. The Morgan fingerprint density at radius 3 is 2.50 bits per heavy atom. The number of amides is 1. The summed E-state index contributed by atoms with van der Waals surface area (Å²) in [7, 11) is 0. The highest BCUT2D eigenvalue weighted by Crippen LogP contribution is 2.15. The number of halogens is 2. The molecule has 0 radical (unpaired) electrons. The van der Waals surface area contributed by atoms with Crippen molar-refractivity contribution in [3.63, 3.8) is 0 Å². The third kappa shape index (κ3) is 2.47. The number of carbonyl (C=O) groups excluding carboxylic acids is 1. The van der Waals surface area contributed by atoms with E-state index >= 15 is 0 Å². The van der Waals surface area contributed by atoms with E-state index in [4.69, 9.17) is 5.21 Å². The molecule has 1 amide bonds. The SMILES string of the molecule is O=C(c1ccc(F)cc1F)N1CCC(=NO)CC1. The van der Waals surface area contributed by atoms with Gasteiger partial charge in [0, 0.05) is 32.0 Å². The number of rotatable bonds is 1. The summed E-state index contributed by atoms with van der Waals surface area (Å²) < 4.78 is 26.2. The van der Waals surface area contributed by atoms with Crippen molar-refractivity contribution in [3.05, 3.63) is 35.4 Å². The zero-order valence-electron chi connectivity index (χ0n) is 9.57. The molecule has 1 N–H and O–H groups in total. The molecule has 0 aliphatic carbocycles. The normalized spacial score (nSPS) is 15.7. The van der Waals surface area contributed by atoms with Crippen LogP contribution >= 0.6 is 0 Å². The molecule has 2 rings (SSSR count). The third-order valence-corrected chi connectivity index (χ3v) is 2.93. The van der Waals surface area contributed by atoms with Gasteiger partial charge < -0.3 is 10.1 Å². The van der Waals surface area contributed by atoms with Crippen LogP contribution in [0.4, 0.5) is 8.78 Å². The van der Waals surface area contributed by atoms with Crippen LogP contribution in [0, 0.1) is 11.6 Å². The second kappa shape index (κ2) is 5.12. The van der Waals surface area contributed by atoms with Gasteiger partial charge in [0.15, 0.2) is 0 Å². The van der Waals surface area contributed by atoms with Gasteiger partial charge in [-0.3, -0.25) is 4.79 Å². The summed E-state index contributed by atoms with van der Waals surface area (Å²) in [6, 6.07) is 2.89. The van der Waals surface area contributed by atoms with Crippen LogP contribution in [0.25, 0.3) is 0 Å². The molecule has 1 heterocycles. The second-order valence-electron chi connectivity index (χ2n) is 4.08. The van der Waals surface area contributed by atoms with Crippen LogP contribution < -0.4 is 0 Å². The molecule has 0 bridgehead atoms. The standard InChI is InChI=1S/C12H12F2N2O2/c13-8-1-2-10(11(14)7-8)12(17)16-5-3-9(15-18)4-6-16/h1-2,7,18H,3-6H2. The van der Waals surface area contributed by atoms with Crippen LogP contribution in [0.1, 0.15) is 23.2 Å². The van der Waals surface area contributed by atoms with Crippen molar-refractivity contribution in [1.29, 1.82) is 0 Å². The van der Waals surface area contributed by atoms with Crippen LogP contribution in [0.5, 0.6) is 0 Å². The van der Waals surface area contributed by atoms with Gasteiger partial charge in [0.2, 0.25) is 0 Å². The van der Waals surface area contributed by atoms with Crippen LogP contribution in [-0.4, -0.2) is 34.8 Å². The van der Waals surface area contributed by atoms with E-state index in [1.165, 1.54) is 4.90 Å². The lowest BCUT2D eigenvalue weighted by molar-refractivity contribution is 0.0749. The fourth-order valence-electron chi connectivity index (χ4n) is 1.90. The molecule has 0 aromatic heterocycles. The number of carbonyl (C=O) groups is 1. The Morgan fingerprint density at radius 2 is 1.94 bits per heavy atom. The van der Waals surface area contributed by atoms with E-state index < -0.39 is 17.5 Å². The molecule has 4 nitrogen and oxygen atoms in total. The summed E-state index contributed by atoms with van der Waals surface area (Å²) in [5.74, 6) is -2.04. The van der Waals surface area contributed by atoms with E-state index in [0.717, 1.165) is 12.1 Å². The van der Waals surface area contributed by atoms with E-state index in [0.29, 0.717) is 37.7 Å². The van der Waals surface area contributed by atoms with Gasteiger partial charge in [0.1, 0.15) is 11.6 Å². The van der Waals surface area contributed by atoms with Crippen LogP contribution in [0.3, 0.4) is 0 Å². The highest BCUT2D eigenvalue weighted by atomic mass is 19.1. The fourth-order valence-corrected chi connectivity index (χ4v) is 1.90. The lowest BCUT2D eigenvalue weighted by Crippen LogP contribution is -2.39. The first-order chi connectivity index (χ1) is 8.61. The van der Waals surface area contributed by atoms with Gasteiger partial charge in [-0.2, -0.15) is 0 Å². The van der Waals surface area contributed by atoms with Gasteiger partial charge in [0.25, 0.3) is 5.91 Å². The van der Waals surface area contributed by atoms with E-state index in [2.05, 4.69) is 5.16 Å². The molecule has 96 valence electrons. The average molecular weight is 254 g/mol. The molecular formula is C12H12F2N2O2. The van der Waals surface area contributed by atoms with Crippen molar-refractivity contribution in [2.75, 3.05) is 13.1 Å². The molecule has 1 fully saturated rings. The largest absolute Gasteiger partial charge is 0.411 e. The van der Waals surface area contributed by atoms with Crippen molar-refractivity contribution in [3.8, 4) is 0 Å². The smallest absolute Gasteiger partial charge is 0.256 e. The van der Waals surface area contributed by atoms with Crippen molar-refractivity contribution in [1.82, 2.24) is 4.90 Å². The van der Waals surface area contributed by atoms with Crippen LogP contribution in [0.2, 0.25) is 0 Å². The van der Waals surface area contributed by atoms with Gasteiger partial charge in [-0.1, -0.05) is 5.16 Å². The van der Waals surface area contributed by atoms with E-state index in [1.54, 1.807) is 0 Å². The zero-order chi connectivity index (χ0) is 13.1. The Bertz CT molecular complexity index is 493. The summed E-state index contributed by atoms with van der Waals surface area (Å²) in [5, 5.41) is 11.7. The Morgan fingerprint density at radius 1 is 1.28 bits per heavy atom. The van der Waals surface area contributed by atoms with E-state index in [1.807, 2.05) is 0 Å². The van der Waals surface area contributed by atoms with Crippen molar-refractivity contribution in [2.45, 2.75) is 12.8 Å². The minimum absolute atomic E-state index is 0.138. The topological polar surface area (TPSA) is 52.9 Å². The molecule has 1 aromatic carbocycles. The predicted octanol–water partition coefficient (Wildman–Crippen LogP) is 2.03. The number of likely N-dealkylation sites (tertiary alicyclic amines) is 1. The van der Waals surface area contributed by atoms with E-state index in [-0.39, 0.29) is 5.56 Å². The van der Waals surface area contributed by atoms with Crippen molar-refractivity contribution >= 4 is 11.6 Å². The van der Waals surface area contributed by atoms with Gasteiger partial charge in [-0.05, 0) is 12.1 Å². The maximum absolute atomic E-state index is 13.4. The summed E-state index contributed by atoms with van der Waals surface area (Å²) in [6.45, 7) is 0.740. The van der Waals surface area contributed by atoms with Crippen molar-refractivity contribution in [2.24, 2.45) is 5.16 Å². The summed E-state index contributed by atoms with van der Waals surface area (Å²) in [6.07, 6.45) is 0.927. The molecule has 6 heteroatoms. The molecule has 1 saturated heterocycles. The third-order valence-electron chi connectivity index (χ3n) is 2.93. The highest BCUT2D eigenvalue weighted by molar-refractivity contribution is 5.96. The summed E-state index contributed by atoms with van der Waals surface area (Å²) in [5.41, 5.74) is 0.486. The Balaban J connectivity index is 2.12. The maximum Gasteiger partial charge on any atom is 0.256 e. The second-order valence-corrected chi connectivity index (χ2v) is 4.08. The number of nitrogens with zero attached hydrogens (tertiary/aromatic N) is 2. The zero-order valence-corrected chi connectivity index (χ0v) is 9.57. The molecule has 1 aliphatic rings. The summed E-state index contributed by atoms with van der Waals surface area (Å²) >= 11 is 0. The molecule has 0 saturated carbocycles. The number of hydrogen-bond donors (Lipinski definition) is 1. The Kier molecular flexibility index (Phi) is 3.55. The summed E-state index contributed by atoms with van der Waals surface area (Å²) in [4.78, 5) is 13.5. The molecule has 0 unspecified atom stereocenters. The lowest BCUT2D eigenvalue weighted by Gasteiger charge is -2.27. The highest BCUT2D eigenvalue weighted by Gasteiger charge is 2.23.